The molecule has 96 valence electrons. The van der Waals surface area contributed by atoms with E-state index in [1.54, 1.807) is 7.11 Å². The number of rotatable bonds is 7. The molecule has 1 rings (SSSR count). The van der Waals surface area contributed by atoms with Gasteiger partial charge in [0.2, 0.25) is 0 Å². The molecule has 1 aliphatic rings. The lowest BCUT2D eigenvalue weighted by Crippen LogP contribution is -2.38. The first-order valence-corrected chi connectivity index (χ1v) is 6.39. The second-order valence-corrected chi connectivity index (χ2v) is 4.32. The maximum absolute atomic E-state index is 5.50. The second kappa shape index (κ2) is 8.93. The molecule has 0 aromatic carbocycles. The molecule has 1 heterocycles. The lowest BCUT2D eigenvalue weighted by molar-refractivity contribution is 0.0569. The first-order valence-electron chi connectivity index (χ1n) is 6.39. The van der Waals surface area contributed by atoms with E-state index in [1.165, 1.54) is 19.4 Å². The van der Waals surface area contributed by atoms with Gasteiger partial charge in [-0.2, -0.15) is 0 Å². The minimum absolute atomic E-state index is 0.654. The molecule has 0 aromatic heterocycles. The zero-order valence-electron chi connectivity index (χ0n) is 10.7. The minimum atomic E-state index is 0.654. The summed E-state index contributed by atoms with van der Waals surface area (Å²) in [6.07, 6.45) is 2.45. The summed E-state index contributed by atoms with van der Waals surface area (Å²) < 4.78 is 10.4. The molecule has 1 unspecified atom stereocenters. The van der Waals surface area contributed by atoms with Crippen LogP contribution in [-0.4, -0.2) is 64.1 Å². The summed E-state index contributed by atoms with van der Waals surface area (Å²) in [6, 6.07) is 0.654. The Morgan fingerprint density at radius 3 is 2.94 bits per heavy atom. The van der Waals surface area contributed by atoms with Gasteiger partial charge in [-0.3, -0.25) is 4.90 Å². The van der Waals surface area contributed by atoms with Crippen LogP contribution in [0, 0.1) is 0 Å². The summed E-state index contributed by atoms with van der Waals surface area (Å²) >= 11 is 0. The number of hydrogen-bond donors (Lipinski definition) is 1. The van der Waals surface area contributed by atoms with Crippen molar-refractivity contribution >= 4 is 0 Å². The van der Waals surface area contributed by atoms with E-state index in [0.717, 1.165) is 26.2 Å². The van der Waals surface area contributed by atoms with Gasteiger partial charge in [0.05, 0.1) is 19.8 Å². The smallest absolute Gasteiger partial charge is 0.0700 e. The van der Waals surface area contributed by atoms with Crippen molar-refractivity contribution in [1.82, 2.24) is 10.2 Å². The van der Waals surface area contributed by atoms with E-state index < -0.39 is 0 Å². The highest BCUT2D eigenvalue weighted by atomic mass is 16.5. The van der Waals surface area contributed by atoms with Gasteiger partial charge in [0.15, 0.2) is 0 Å². The summed E-state index contributed by atoms with van der Waals surface area (Å²) in [4.78, 5) is 2.50. The highest BCUT2D eigenvalue weighted by Crippen LogP contribution is 2.02. The third-order valence-corrected chi connectivity index (χ3v) is 3.04. The van der Waals surface area contributed by atoms with Crippen molar-refractivity contribution in [3.8, 4) is 0 Å². The second-order valence-electron chi connectivity index (χ2n) is 4.32. The zero-order valence-corrected chi connectivity index (χ0v) is 10.7. The van der Waals surface area contributed by atoms with E-state index in [9.17, 15) is 0 Å². The van der Waals surface area contributed by atoms with Crippen LogP contribution in [-0.2, 0) is 9.47 Å². The summed E-state index contributed by atoms with van der Waals surface area (Å²) in [5, 5.41) is 3.57. The average molecular weight is 230 g/mol. The van der Waals surface area contributed by atoms with E-state index in [-0.39, 0.29) is 0 Å². The number of ether oxygens (including phenoxy) is 2. The summed E-state index contributed by atoms with van der Waals surface area (Å²) in [5.41, 5.74) is 0. The molecule has 4 heteroatoms. The maximum atomic E-state index is 5.50. The van der Waals surface area contributed by atoms with E-state index in [1.807, 2.05) is 0 Å². The summed E-state index contributed by atoms with van der Waals surface area (Å²) in [6.45, 7) is 9.01. The van der Waals surface area contributed by atoms with Crippen LogP contribution in [0.25, 0.3) is 0 Å². The fraction of sp³-hybridized carbons (Fsp3) is 1.00. The Labute approximate surface area is 99.3 Å². The van der Waals surface area contributed by atoms with E-state index in [4.69, 9.17) is 9.47 Å². The average Bonchev–Trinajstić information content (AvgIpc) is 2.54. The Bertz CT molecular complexity index is 167. The van der Waals surface area contributed by atoms with Gasteiger partial charge in [0.25, 0.3) is 0 Å². The summed E-state index contributed by atoms with van der Waals surface area (Å²) in [5.74, 6) is 0. The quantitative estimate of drug-likeness (QED) is 0.654. The highest BCUT2D eigenvalue weighted by Gasteiger charge is 2.15. The first kappa shape index (κ1) is 13.9. The Morgan fingerprint density at radius 2 is 2.19 bits per heavy atom. The topological polar surface area (TPSA) is 33.7 Å². The standard InChI is InChI=1S/C12H26N2O2/c1-3-12-11-14(6-4-5-13-12)7-8-16-10-9-15-2/h12-13H,3-11H2,1-2H3. The maximum Gasteiger partial charge on any atom is 0.0700 e. The molecule has 1 N–H and O–H groups in total. The molecule has 1 fully saturated rings. The van der Waals surface area contributed by atoms with Gasteiger partial charge in [0, 0.05) is 26.2 Å². The molecule has 0 saturated carbocycles. The molecule has 1 aliphatic heterocycles. The van der Waals surface area contributed by atoms with E-state index >= 15 is 0 Å². The van der Waals surface area contributed by atoms with Gasteiger partial charge in [-0.05, 0) is 25.9 Å². The lowest BCUT2D eigenvalue weighted by Gasteiger charge is -2.23. The van der Waals surface area contributed by atoms with Crippen LogP contribution in [0.15, 0.2) is 0 Å². The molecule has 1 saturated heterocycles. The molecule has 0 aliphatic carbocycles. The van der Waals surface area contributed by atoms with Crippen molar-refractivity contribution in [2.45, 2.75) is 25.8 Å². The Hall–Kier alpha value is -0.160. The molecular weight excluding hydrogens is 204 g/mol. The third kappa shape index (κ3) is 5.80. The van der Waals surface area contributed by atoms with Crippen molar-refractivity contribution in [1.29, 1.82) is 0 Å². The van der Waals surface area contributed by atoms with Crippen LogP contribution < -0.4 is 5.32 Å². The normalized spacial score (nSPS) is 23.2. The van der Waals surface area contributed by atoms with Crippen molar-refractivity contribution in [3.05, 3.63) is 0 Å². The number of nitrogens with one attached hydrogen (secondary N) is 1. The fourth-order valence-electron chi connectivity index (χ4n) is 1.99. The first-order chi connectivity index (χ1) is 7.86. The third-order valence-electron chi connectivity index (χ3n) is 3.04. The van der Waals surface area contributed by atoms with Crippen LogP contribution >= 0.6 is 0 Å². The SMILES string of the molecule is CCC1CN(CCOCCOC)CCCN1. The van der Waals surface area contributed by atoms with Gasteiger partial charge in [-0.1, -0.05) is 6.92 Å². The van der Waals surface area contributed by atoms with Gasteiger partial charge < -0.3 is 14.8 Å². The van der Waals surface area contributed by atoms with Gasteiger partial charge >= 0.3 is 0 Å². The predicted molar refractivity (Wildman–Crippen MR) is 65.8 cm³/mol. The highest BCUT2D eigenvalue weighted by molar-refractivity contribution is 4.75. The molecule has 1 atom stereocenters. The molecule has 4 nitrogen and oxygen atoms in total. The monoisotopic (exact) mass is 230 g/mol. The zero-order chi connectivity index (χ0) is 11.6. The fourth-order valence-corrected chi connectivity index (χ4v) is 1.99. The van der Waals surface area contributed by atoms with Gasteiger partial charge in [-0.25, -0.2) is 0 Å². The Kier molecular flexibility index (Phi) is 7.76. The molecule has 0 spiro atoms. The van der Waals surface area contributed by atoms with Gasteiger partial charge in [0.1, 0.15) is 0 Å². The largest absolute Gasteiger partial charge is 0.382 e. The molecule has 16 heavy (non-hydrogen) atoms. The molecule has 0 amide bonds. The predicted octanol–water partition coefficient (Wildman–Crippen LogP) is 0.723. The molecular formula is C12H26N2O2. The van der Waals surface area contributed by atoms with Crippen LogP contribution in [0.4, 0.5) is 0 Å². The van der Waals surface area contributed by atoms with Crippen LogP contribution in [0.2, 0.25) is 0 Å². The molecule has 0 aromatic rings. The van der Waals surface area contributed by atoms with E-state index in [2.05, 4.69) is 17.1 Å². The summed E-state index contributed by atoms with van der Waals surface area (Å²) in [7, 11) is 1.70. The molecule has 0 radical (unpaired) electrons. The van der Waals surface area contributed by atoms with Crippen LogP contribution in [0.5, 0.6) is 0 Å². The Balaban J connectivity index is 2.09. The van der Waals surface area contributed by atoms with E-state index in [0.29, 0.717) is 19.3 Å². The lowest BCUT2D eigenvalue weighted by atomic mass is 10.2. The van der Waals surface area contributed by atoms with Crippen molar-refractivity contribution in [2.75, 3.05) is 53.1 Å². The van der Waals surface area contributed by atoms with Crippen LogP contribution in [0.3, 0.4) is 0 Å². The van der Waals surface area contributed by atoms with Crippen molar-refractivity contribution in [2.24, 2.45) is 0 Å². The van der Waals surface area contributed by atoms with Crippen molar-refractivity contribution in [3.63, 3.8) is 0 Å². The van der Waals surface area contributed by atoms with Crippen LogP contribution in [0.1, 0.15) is 19.8 Å². The number of hydrogen-bond acceptors (Lipinski definition) is 4. The minimum Gasteiger partial charge on any atom is -0.382 e. The number of nitrogens with zero attached hydrogens (tertiary/aromatic N) is 1. The Morgan fingerprint density at radius 1 is 1.31 bits per heavy atom. The molecule has 0 bridgehead atoms. The number of methoxy groups -OCH3 is 1. The van der Waals surface area contributed by atoms with Crippen molar-refractivity contribution < 1.29 is 9.47 Å². The van der Waals surface area contributed by atoms with Gasteiger partial charge in [-0.15, -0.1) is 0 Å².